The van der Waals surface area contributed by atoms with Crippen molar-refractivity contribution in [2.75, 3.05) is 37.3 Å². The predicted molar refractivity (Wildman–Crippen MR) is 92.0 cm³/mol. The first-order chi connectivity index (χ1) is 11.1. The van der Waals surface area contributed by atoms with Gasteiger partial charge in [-0.3, -0.25) is 4.90 Å². The van der Waals surface area contributed by atoms with Crippen molar-refractivity contribution in [3.05, 3.63) is 28.8 Å². The van der Waals surface area contributed by atoms with Gasteiger partial charge in [0, 0.05) is 43.5 Å². The number of hydrogen-bond acceptors (Lipinski definition) is 7. The van der Waals surface area contributed by atoms with Crippen LogP contribution in [0.1, 0.15) is 22.7 Å². The van der Waals surface area contributed by atoms with Crippen molar-refractivity contribution in [3.8, 4) is 0 Å². The third-order valence-corrected chi connectivity index (χ3v) is 4.80. The molecule has 1 fully saturated rings. The normalized spacial score (nSPS) is 16.1. The zero-order chi connectivity index (χ0) is 16.4. The highest BCUT2D eigenvalue weighted by atomic mass is 32.2. The van der Waals surface area contributed by atoms with Crippen molar-refractivity contribution in [3.63, 3.8) is 0 Å². The third-order valence-electron chi connectivity index (χ3n) is 4.25. The highest BCUT2D eigenvalue weighted by molar-refractivity contribution is 7.98. The molecular formula is C16H23N5OS. The fraction of sp³-hybridized carbons (Fsp3) is 0.562. The second kappa shape index (κ2) is 6.88. The minimum absolute atomic E-state index is 0.826. The van der Waals surface area contributed by atoms with Gasteiger partial charge in [0.15, 0.2) is 10.9 Å². The minimum atomic E-state index is 0.826. The topological polar surface area (TPSA) is 58.3 Å². The van der Waals surface area contributed by atoms with Gasteiger partial charge in [-0.05, 0) is 27.0 Å². The first-order valence-electron chi connectivity index (χ1n) is 7.85. The largest absolute Gasteiger partial charge is 0.360 e. The fourth-order valence-electron chi connectivity index (χ4n) is 2.82. The SMILES string of the molecule is CSc1nc(C)c(C)c(N2CCN(Cc3cc(C)no3)CC2)n1. The Bertz CT molecular complexity index is 679. The number of nitrogens with zero attached hydrogens (tertiary/aromatic N) is 5. The molecule has 124 valence electrons. The highest BCUT2D eigenvalue weighted by Gasteiger charge is 2.22. The molecule has 1 saturated heterocycles. The van der Waals surface area contributed by atoms with Crippen LogP contribution in [0.5, 0.6) is 0 Å². The van der Waals surface area contributed by atoms with Gasteiger partial charge >= 0.3 is 0 Å². The molecule has 0 amide bonds. The second-order valence-corrected chi connectivity index (χ2v) is 6.72. The van der Waals surface area contributed by atoms with Crippen molar-refractivity contribution >= 4 is 17.6 Å². The monoisotopic (exact) mass is 333 g/mol. The molecule has 0 unspecified atom stereocenters. The van der Waals surface area contributed by atoms with Gasteiger partial charge in [0.1, 0.15) is 5.82 Å². The number of anilines is 1. The number of aryl methyl sites for hydroxylation is 2. The summed E-state index contributed by atoms with van der Waals surface area (Å²) < 4.78 is 5.31. The van der Waals surface area contributed by atoms with Gasteiger partial charge in [0.2, 0.25) is 0 Å². The van der Waals surface area contributed by atoms with Crippen LogP contribution >= 0.6 is 11.8 Å². The van der Waals surface area contributed by atoms with Crippen LogP contribution in [-0.4, -0.2) is 52.5 Å². The van der Waals surface area contributed by atoms with E-state index < -0.39 is 0 Å². The summed E-state index contributed by atoms with van der Waals surface area (Å²) in [6, 6.07) is 2.01. The summed E-state index contributed by atoms with van der Waals surface area (Å²) >= 11 is 1.60. The first kappa shape index (κ1) is 16.3. The van der Waals surface area contributed by atoms with E-state index in [4.69, 9.17) is 9.51 Å². The van der Waals surface area contributed by atoms with Gasteiger partial charge in [-0.15, -0.1) is 0 Å². The number of piperazine rings is 1. The average Bonchev–Trinajstić information content (AvgIpc) is 2.96. The molecule has 0 bridgehead atoms. The summed E-state index contributed by atoms with van der Waals surface area (Å²) in [5.41, 5.74) is 3.19. The van der Waals surface area contributed by atoms with Crippen LogP contribution in [0.25, 0.3) is 0 Å². The maximum Gasteiger partial charge on any atom is 0.189 e. The van der Waals surface area contributed by atoms with Crippen LogP contribution in [0.3, 0.4) is 0 Å². The maximum atomic E-state index is 5.31. The van der Waals surface area contributed by atoms with Gasteiger partial charge in [0.05, 0.1) is 12.2 Å². The van der Waals surface area contributed by atoms with E-state index in [-0.39, 0.29) is 0 Å². The Morgan fingerprint density at radius 2 is 1.87 bits per heavy atom. The van der Waals surface area contributed by atoms with E-state index in [9.17, 15) is 0 Å². The van der Waals surface area contributed by atoms with Gasteiger partial charge in [0.25, 0.3) is 0 Å². The van der Waals surface area contributed by atoms with Gasteiger partial charge in [-0.1, -0.05) is 16.9 Å². The first-order valence-corrected chi connectivity index (χ1v) is 9.08. The molecule has 1 aliphatic heterocycles. The smallest absolute Gasteiger partial charge is 0.189 e. The lowest BCUT2D eigenvalue weighted by Crippen LogP contribution is -2.46. The zero-order valence-electron chi connectivity index (χ0n) is 14.2. The number of hydrogen-bond donors (Lipinski definition) is 0. The lowest BCUT2D eigenvalue weighted by Gasteiger charge is -2.35. The van der Waals surface area contributed by atoms with Gasteiger partial charge in [-0.2, -0.15) is 0 Å². The molecule has 0 saturated carbocycles. The molecule has 3 rings (SSSR count). The minimum Gasteiger partial charge on any atom is -0.360 e. The lowest BCUT2D eigenvalue weighted by atomic mass is 10.2. The molecule has 0 atom stereocenters. The molecule has 6 nitrogen and oxygen atoms in total. The fourth-order valence-corrected chi connectivity index (χ4v) is 3.22. The average molecular weight is 333 g/mol. The molecule has 7 heteroatoms. The molecule has 23 heavy (non-hydrogen) atoms. The summed E-state index contributed by atoms with van der Waals surface area (Å²) in [6.07, 6.45) is 2.02. The van der Waals surface area contributed by atoms with E-state index in [0.717, 1.165) is 60.8 Å². The molecular weight excluding hydrogens is 310 g/mol. The summed E-state index contributed by atoms with van der Waals surface area (Å²) in [4.78, 5) is 14.0. The Morgan fingerprint density at radius 3 is 2.48 bits per heavy atom. The van der Waals surface area contributed by atoms with E-state index in [1.807, 2.05) is 19.2 Å². The number of rotatable bonds is 4. The Hall–Kier alpha value is -1.60. The standard InChI is InChI=1S/C16H23N5OS/c1-11-9-14(22-19-11)10-20-5-7-21(8-6-20)15-12(2)13(3)17-16(18-15)23-4/h9H,5-8,10H2,1-4H3. The molecule has 1 aliphatic rings. The Balaban J connectivity index is 1.66. The molecule has 0 N–H and O–H groups in total. The summed E-state index contributed by atoms with van der Waals surface area (Å²) in [5.74, 6) is 2.02. The van der Waals surface area contributed by atoms with Crippen molar-refractivity contribution in [1.29, 1.82) is 0 Å². The maximum absolute atomic E-state index is 5.31. The van der Waals surface area contributed by atoms with Crippen molar-refractivity contribution in [2.45, 2.75) is 32.5 Å². The summed E-state index contributed by atoms with van der Waals surface area (Å²) in [6.45, 7) is 10.9. The van der Waals surface area contributed by atoms with Gasteiger partial charge < -0.3 is 9.42 Å². The van der Waals surface area contributed by atoms with E-state index in [1.54, 1.807) is 11.8 Å². The van der Waals surface area contributed by atoms with Gasteiger partial charge in [-0.25, -0.2) is 9.97 Å². The molecule has 3 heterocycles. The van der Waals surface area contributed by atoms with Crippen LogP contribution in [-0.2, 0) is 6.54 Å². The molecule has 0 radical (unpaired) electrons. The van der Waals surface area contributed by atoms with Crippen LogP contribution in [0.2, 0.25) is 0 Å². The van der Waals surface area contributed by atoms with E-state index >= 15 is 0 Å². The zero-order valence-corrected chi connectivity index (χ0v) is 15.0. The molecule has 0 aliphatic carbocycles. The van der Waals surface area contributed by atoms with E-state index in [1.165, 1.54) is 5.56 Å². The molecule has 0 spiro atoms. The van der Waals surface area contributed by atoms with Crippen molar-refractivity contribution in [2.24, 2.45) is 0 Å². The van der Waals surface area contributed by atoms with Crippen LogP contribution in [0, 0.1) is 20.8 Å². The van der Waals surface area contributed by atoms with Crippen molar-refractivity contribution < 1.29 is 4.52 Å². The summed E-state index contributed by atoms with van der Waals surface area (Å²) in [5, 5.41) is 4.80. The van der Waals surface area contributed by atoms with Crippen LogP contribution < -0.4 is 4.90 Å². The highest BCUT2D eigenvalue weighted by Crippen LogP contribution is 2.24. The quantitative estimate of drug-likeness (QED) is 0.629. The number of thioether (sulfide) groups is 1. The van der Waals surface area contributed by atoms with Crippen LogP contribution in [0.15, 0.2) is 15.7 Å². The Kier molecular flexibility index (Phi) is 4.87. The van der Waals surface area contributed by atoms with E-state index in [2.05, 4.69) is 33.8 Å². The van der Waals surface area contributed by atoms with Crippen molar-refractivity contribution in [1.82, 2.24) is 20.0 Å². The third kappa shape index (κ3) is 3.67. The molecule has 2 aromatic heterocycles. The summed E-state index contributed by atoms with van der Waals surface area (Å²) in [7, 11) is 0. The predicted octanol–water partition coefficient (Wildman–Crippen LogP) is 2.43. The Labute approximate surface area is 141 Å². The number of aromatic nitrogens is 3. The molecule has 0 aromatic carbocycles. The Morgan fingerprint density at radius 1 is 1.13 bits per heavy atom. The molecule has 2 aromatic rings. The second-order valence-electron chi connectivity index (χ2n) is 5.94. The van der Waals surface area contributed by atoms with E-state index in [0.29, 0.717) is 0 Å². The lowest BCUT2D eigenvalue weighted by molar-refractivity contribution is 0.219. The van der Waals surface area contributed by atoms with Crippen LogP contribution in [0.4, 0.5) is 5.82 Å².